The van der Waals surface area contributed by atoms with Gasteiger partial charge in [0.2, 0.25) is 0 Å². The number of rotatable bonds is 7. The van der Waals surface area contributed by atoms with Crippen LogP contribution < -0.4 is 20.7 Å². The summed E-state index contributed by atoms with van der Waals surface area (Å²) in [5.74, 6) is 0.637. The molecule has 0 saturated heterocycles. The van der Waals surface area contributed by atoms with Gasteiger partial charge in [0.15, 0.2) is 8.07 Å². The second-order valence-electron chi connectivity index (χ2n) is 20.8. The summed E-state index contributed by atoms with van der Waals surface area (Å²) in [6.07, 6.45) is 6.60. The summed E-state index contributed by atoms with van der Waals surface area (Å²) in [7, 11) is -2.78. The Balaban J connectivity index is 1.15. The van der Waals surface area contributed by atoms with Crippen molar-refractivity contribution in [2.45, 2.75) is 90.4 Å². The van der Waals surface area contributed by atoms with Gasteiger partial charge in [-0.1, -0.05) is 194 Å². The van der Waals surface area contributed by atoms with Gasteiger partial charge in [-0.25, -0.2) is 0 Å². The van der Waals surface area contributed by atoms with Gasteiger partial charge in [-0.3, -0.25) is 0 Å². The van der Waals surface area contributed by atoms with Crippen LogP contribution in [0.5, 0.6) is 0 Å². The van der Waals surface area contributed by atoms with Crippen LogP contribution in [0.2, 0.25) is 0 Å². The molecule has 65 heavy (non-hydrogen) atoms. The average Bonchev–Trinajstić information content (AvgIpc) is 3.84. The molecule has 11 rings (SSSR count). The largest absolute Gasteiger partial charge is 0.309 e. The highest BCUT2D eigenvalue weighted by molar-refractivity contribution is 7.20. The SMILES string of the molecule is CC(C)(C)c1ccc2c(c1)c1ccc(C3CCCCC3)cc1n2-c1ccc(-n2c3cc(C(C)(C)C)ccc3c3ccc([Si](c4ccccc4)(c4ccccc4)c4ccccc4)cc32)cc1. The topological polar surface area (TPSA) is 9.86 Å². The van der Waals surface area contributed by atoms with Gasteiger partial charge in [0, 0.05) is 32.9 Å². The molecule has 1 saturated carbocycles. The molecule has 1 fully saturated rings. The molecule has 2 aromatic heterocycles. The van der Waals surface area contributed by atoms with Crippen LogP contribution in [0.1, 0.15) is 96.3 Å². The van der Waals surface area contributed by atoms with Crippen molar-refractivity contribution in [3.05, 3.63) is 205 Å². The molecule has 322 valence electrons. The Hall–Kier alpha value is -6.42. The molecule has 2 nitrogen and oxygen atoms in total. The lowest BCUT2D eigenvalue weighted by atomic mass is 9.83. The minimum atomic E-state index is -2.78. The summed E-state index contributed by atoms with van der Waals surface area (Å²) < 4.78 is 5.09. The Morgan fingerprint density at radius 1 is 0.369 bits per heavy atom. The third-order valence-corrected chi connectivity index (χ3v) is 19.6. The van der Waals surface area contributed by atoms with Crippen LogP contribution >= 0.6 is 0 Å². The predicted octanol–water partition coefficient (Wildman–Crippen LogP) is 13.9. The van der Waals surface area contributed by atoms with E-state index < -0.39 is 8.07 Å². The first kappa shape index (κ1) is 41.3. The minimum absolute atomic E-state index is 0.000354. The minimum Gasteiger partial charge on any atom is -0.309 e. The third kappa shape index (κ3) is 6.98. The average molecular weight is 861 g/mol. The van der Waals surface area contributed by atoms with Gasteiger partial charge in [-0.15, -0.1) is 0 Å². The molecule has 3 heteroatoms. The van der Waals surface area contributed by atoms with Crippen LogP contribution in [0.25, 0.3) is 55.0 Å². The standard InChI is InChI=1S/C62H60N2Si/c1-61(2,3)45-29-38-57-56(40-45)55-35-27-44(43-19-11-7-12-20-43)39-58(55)63(57)47-30-32-48(33-31-47)64-59-41-46(62(4,5)6)28-36-53(59)54-37-34-52(42-60(54)64)65(49-21-13-8-14-22-49,50-23-15-9-16-24-50)51-25-17-10-18-26-51/h8-10,13-18,21-43H,7,11-12,19-20H2,1-6H3. The number of hydrogen-bond acceptors (Lipinski definition) is 0. The molecule has 0 spiro atoms. The van der Waals surface area contributed by atoms with Crippen molar-refractivity contribution in [1.82, 2.24) is 9.13 Å². The van der Waals surface area contributed by atoms with E-state index in [1.807, 2.05) is 0 Å². The molecular formula is C62H60N2Si. The fraction of sp³-hybridized carbons (Fsp3) is 0.226. The van der Waals surface area contributed by atoms with E-state index in [1.54, 1.807) is 0 Å². The monoisotopic (exact) mass is 860 g/mol. The molecule has 8 aromatic carbocycles. The first-order valence-electron chi connectivity index (χ1n) is 24.0. The lowest BCUT2D eigenvalue weighted by Crippen LogP contribution is -2.74. The number of benzene rings is 8. The maximum atomic E-state index is 2.55. The molecule has 0 bridgehead atoms. The van der Waals surface area contributed by atoms with Gasteiger partial charge >= 0.3 is 0 Å². The van der Waals surface area contributed by atoms with E-state index in [4.69, 9.17) is 0 Å². The second-order valence-corrected chi connectivity index (χ2v) is 24.7. The molecule has 0 radical (unpaired) electrons. The van der Waals surface area contributed by atoms with Crippen LogP contribution in [0.3, 0.4) is 0 Å². The van der Waals surface area contributed by atoms with Crippen molar-refractivity contribution >= 4 is 72.4 Å². The van der Waals surface area contributed by atoms with E-state index in [2.05, 4.69) is 239 Å². The highest BCUT2D eigenvalue weighted by Gasteiger charge is 2.41. The molecule has 0 amide bonds. The summed E-state index contributed by atoms with van der Waals surface area (Å²) in [6.45, 7) is 13.9. The van der Waals surface area contributed by atoms with Crippen LogP contribution in [0, 0.1) is 0 Å². The van der Waals surface area contributed by atoms with E-state index >= 15 is 0 Å². The molecule has 0 N–H and O–H groups in total. The third-order valence-electron chi connectivity index (χ3n) is 14.8. The zero-order chi connectivity index (χ0) is 44.5. The molecule has 0 aliphatic heterocycles. The van der Waals surface area contributed by atoms with Crippen LogP contribution in [-0.4, -0.2) is 17.2 Å². The van der Waals surface area contributed by atoms with E-state index in [-0.39, 0.29) is 10.8 Å². The summed E-state index contributed by atoms with van der Waals surface area (Å²) in [5.41, 5.74) is 11.7. The van der Waals surface area contributed by atoms with Crippen molar-refractivity contribution in [2.24, 2.45) is 0 Å². The number of nitrogens with zero attached hydrogens (tertiary/aromatic N) is 2. The Bertz CT molecular complexity index is 3240. The Kier molecular flexibility index (Phi) is 10.1. The Morgan fingerprint density at radius 2 is 0.815 bits per heavy atom. The first-order valence-corrected chi connectivity index (χ1v) is 26.0. The van der Waals surface area contributed by atoms with E-state index in [0.29, 0.717) is 5.92 Å². The van der Waals surface area contributed by atoms with E-state index in [1.165, 1.54) is 125 Å². The molecule has 2 heterocycles. The van der Waals surface area contributed by atoms with Gasteiger partial charge in [-0.2, -0.15) is 0 Å². The highest BCUT2D eigenvalue weighted by atomic mass is 28.3. The highest BCUT2D eigenvalue weighted by Crippen LogP contribution is 2.40. The van der Waals surface area contributed by atoms with Crippen molar-refractivity contribution in [3.63, 3.8) is 0 Å². The normalized spacial score (nSPS) is 14.2. The predicted molar refractivity (Wildman–Crippen MR) is 282 cm³/mol. The lowest BCUT2D eigenvalue weighted by molar-refractivity contribution is 0.444. The van der Waals surface area contributed by atoms with Gasteiger partial charge in [0.1, 0.15) is 0 Å². The van der Waals surface area contributed by atoms with Crippen molar-refractivity contribution < 1.29 is 0 Å². The second kappa shape index (κ2) is 15.9. The maximum Gasteiger partial charge on any atom is 0.179 e. The van der Waals surface area contributed by atoms with Crippen molar-refractivity contribution in [3.8, 4) is 11.4 Å². The number of fused-ring (bicyclic) bond motifs is 6. The Morgan fingerprint density at radius 3 is 1.37 bits per heavy atom. The molecule has 0 atom stereocenters. The van der Waals surface area contributed by atoms with Gasteiger partial charge in [0.25, 0.3) is 0 Å². The smallest absolute Gasteiger partial charge is 0.179 e. The summed E-state index contributed by atoms with van der Waals surface area (Å²) in [5, 5.41) is 10.7. The zero-order valence-corrected chi connectivity index (χ0v) is 39.9. The molecule has 0 unspecified atom stereocenters. The zero-order valence-electron chi connectivity index (χ0n) is 38.9. The lowest BCUT2D eigenvalue weighted by Gasteiger charge is -2.34. The number of aromatic nitrogens is 2. The molecule has 1 aliphatic rings. The summed E-state index contributed by atoms with van der Waals surface area (Å²) in [6, 6.07) is 72.5. The number of hydrogen-bond donors (Lipinski definition) is 0. The van der Waals surface area contributed by atoms with Gasteiger partial charge < -0.3 is 9.13 Å². The molecule has 1 aliphatic carbocycles. The van der Waals surface area contributed by atoms with Crippen LogP contribution in [-0.2, 0) is 10.8 Å². The summed E-state index contributed by atoms with van der Waals surface area (Å²) in [4.78, 5) is 0. The van der Waals surface area contributed by atoms with E-state index in [0.717, 1.165) is 0 Å². The maximum absolute atomic E-state index is 2.78. The quantitative estimate of drug-likeness (QED) is 0.112. The van der Waals surface area contributed by atoms with Crippen LogP contribution in [0.15, 0.2) is 188 Å². The Labute approximate surface area is 386 Å². The van der Waals surface area contributed by atoms with Crippen molar-refractivity contribution in [1.29, 1.82) is 0 Å². The first-order chi connectivity index (χ1) is 31.5. The van der Waals surface area contributed by atoms with Crippen LogP contribution in [0.4, 0.5) is 0 Å². The summed E-state index contributed by atoms with van der Waals surface area (Å²) >= 11 is 0. The molecule has 10 aromatic rings. The fourth-order valence-corrected chi connectivity index (χ4v) is 16.0. The van der Waals surface area contributed by atoms with E-state index in [9.17, 15) is 0 Å². The molecular weight excluding hydrogens is 801 g/mol. The van der Waals surface area contributed by atoms with Gasteiger partial charge in [0.05, 0.1) is 22.1 Å². The van der Waals surface area contributed by atoms with Gasteiger partial charge in [-0.05, 0) is 122 Å². The fourth-order valence-electron chi connectivity index (χ4n) is 11.3. The van der Waals surface area contributed by atoms with Crippen molar-refractivity contribution in [2.75, 3.05) is 0 Å².